The summed E-state index contributed by atoms with van der Waals surface area (Å²) in [5.74, 6) is 0.445. The number of nitrogen functional groups attached to an aromatic ring is 1. The number of nitrogens with two attached hydrogens (primary N) is 1. The number of halogens is 1. The van der Waals surface area contributed by atoms with Crippen molar-refractivity contribution >= 4 is 29.1 Å². The van der Waals surface area contributed by atoms with Crippen molar-refractivity contribution in [2.24, 2.45) is 0 Å². The van der Waals surface area contributed by atoms with Gasteiger partial charge in [0.1, 0.15) is 5.82 Å². The highest BCUT2D eigenvalue weighted by molar-refractivity contribution is 6.30. The van der Waals surface area contributed by atoms with Crippen LogP contribution in [0.25, 0.3) is 0 Å². The number of nitrogens with zero attached hydrogens (tertiary/aromatic N) is 1. The van der Waals surface area contributed by atoms with Crippen LogP contribution >= 0.6 is 11.6 Å². The summed E-state index contributed by atoms with van der Waals surface area (Å²) in [7, 11) is 0. The van der Waals surface area contributed by atoms with Crippen LogP contribution in [0.3, 0.4) is 0 Å². The molecule has 0 spiro atoms. The average molecular weight is 237 g/mol. The van der Waals surface area contributed by atoms with Gasteiger partial charge in [-0.3, -0.25) is 9.78 Å². The van der Waals surface area contributed by atoms with Gasteiger partial charge in [-0.1, -0.05) is 17.7 Å². The summed E-state index contributed by atoms with van der Waals surface area (Å²) in [6.45, 7) is 0. The van der Waals surface area contributed by atoms with Gasteiger partial charge < -0.3 is 11.1 Å². The van der Waals surface area contributed by atoms with E-state index < -0.39 is 0 Å². The van der Waals surface area contributed by atoms with Crippen LogP contribution in [0, 0.1) is 0 Å². The summed E-state index contributed by atoms with van der Waals surface area (Å²) in [4.78, 5) is 17.6. The Balaban J connectivity index is 2.30. The average Bonchev–Trinajstić information content (AvgIpc) is 2.15. The molecule has 0 unspecified atom stereocenters. The lowest BCUT2D eigenvalue weighted by Gasteiger charge is -2.05. The van der Waals surface area contributed by atoms with Crippen molar-refractivity contribution < 1.29 is 0 Å². The van der Waals surface area contributed by atoms with E-state index in [-0.39, 0.29) is 17.3 Å². The number of aromatic amines is 1. The van der Waals surface area contributed by atoms with Gasteiger partial charge in [-0.25, -0.2) is 0 Å². The zero-order chi connectivity index (χ0) is 11.5. The lowest BCUT2D eigenvalue weighted by atomic mass is 10.3. The topological polar surface area (TPSA) is 83.8 Å². The highest BCUT2D eigenvalue weighted by Crippen LogP contribution is 2.17. The summed E-state index contributed by atoms with van der Waals surface area (Å²) in [5, 5.41) is 3.49. The van der Waals surface area contributed by atoms with Crippen molar-refractivity contribution in [1.82, 2.24) is 9.97 Å². The summed E-state index contributed by atoms with van der Waals surface area (Å²) >= 11 is 5.82. The number of aromatic nitrogens is 2. The molecule has 2 rings (SSSR count). The molecule has 0 aliphatic carbocycles. The molecule has 1 aromatic heterocycles. The van der Waals surface area contributed by atoms with Crippen molar-refractivity contribution in [3.63, 3.8) is 0 Å². The molecule has 0 aliphatic rings. The second-order valence-corrected chi connectivity index (χ2v) is 3.59. The number of hydrogen-bond donors (Lipinski definition) is 3. The third-order valence-electron chi connectivity index (χ3n) is 1.85. The Hall–Kier alpha value is -2.01. The van der Waals surface area contributed by atoms with Gasteiger partial charge in [0.2, 0.25) is 5.95 Å². The highest BCUT2D eigenvalue weighted by atomic mass is 35.5. The zero-order valence-electron chi connectivity index (χ0n) is 8.20. The van der Waals surface area contributed by atoms with E-state index in [9.17, 15) is 4.79 Å². The molecule has 0 saturated heterocycles. The van der Waals surface area contributed by atoms with E-state index in [2.05, 4.69) is 15.3 Å². The molecule has 16 heavy (non-hydrogen) atoms. The lowest BCUT2D eigenvalue weighted by molar-refractivity contribution is 1.13. The van der Waals surface area contributed by atoms with Crippen LogP contribution < -0.4 is 16.6 Å². The first-order valence-corrected chi connectivity index (χ1v) is 4.91. The molecule has 82 valence electrons. The molecule has 0 aliphatic heterocycles. The Bertz CT molecular complexity index is 567. The molecular weight excluding hydrogens is 228 g/mol. The van der Waals surface area contributed by atoms with Crippen molar-refractivity contribution in [3.8, 4) is 0 Å². The van der Waals surface area contributed by atoms with Gasteiger partial charge in [0.15, 0.2) is 0 Å². The maximum absolute atomic E-state index is 11.1. The second kappa shape index (κ2) is 4.24. The predicted molar refractivity (Wildman–Crippen MR) is 64.0 cm³/mol. The summed E-state index contributed by atoms with van der Waals surface area (Å²) < 4.78 is 0. The summed E-state index contributed by atoms with van der Waals surface area (Å²) in [5.41, 5.74) is 5.86. The first kappa shape index (κ1) is 10.5. The highest BCUT2D eigenvalue weighted by Gasteiger charge is 1.99. The van der Waals surface area contributed by atoms with E-state index in [1.165, 1.54) is 6.07 Å². The fourth-order valence-corrected chi connectivity index (χ4v) is 1.43. The molecular formula is C10H9ClN4O. The minimum Gasteiger partial charge on any atom is -0.383 e. The number of H-pyrrole nitrogens is 1. The number of nitrogens with one attached hydrogen (secondary N) is 2. The first-order valence-electron chi connectivity index (χ1n) is 4.53. The van der Waals surface area contributed by atoms with Crippen LogP contribution in [0.1, 0.15) is 0 Å². The minimum absolute atomic E-state index is 0.160. The Morgan fingerprint density at radius 2 is 2.19 bits per heavy atom. The van der Waals surface area contributed by atoms with Gasteiger partial charge in [-0.2, -0.15) is 4.98 Å². The second-order valence-electron chi connectivity index (χ2n) is 3.15. The van der Waals surface area contributed by atoms with E-state index >= 15 is 0 Å². The van der Waals surface area contributed by atoms with E-state index in [0.717, 1.165) is 5.69 Å². The molecule has 6 heteroatoms. The normalized spacial score (nSPS) is 10.1. The van der Waals surface area contributed by atoms with Crippen LogP contribution in [-0.2, 0) is 0 Å². The Morgan fingerprint density at radius 3 is 2.88 bits per heavy atom. The molecule has 0 saturated carbocycles. The van der Waals surface area contributed by atoms with Crippen molar-refractivity contribution in [2.75, 3.05) is 11.1 Å². The standard InChI is InChI=1S/C10H9ClN4O/c11-6-2-1-3-7(4-6)13-10-14-8(12)5-9(16)15-10/h1-5H,(H4,12,13,14,15,16). The molecule has 1 heterocycles. The summed E-state index contributed by atoms with van der Waals surface area (Å²) in [6, 6.07) is 8.26. The molecule has 0 atom stereocenters. The van der Waals surface area contributed by atoms with Crippen LogP contribution in [0.5, 0.6) is 0 Å². The smallest absolute Gasteiger partial charge is 0.254 e. The minimum atomic E-state index is -0.308. The van der Waals surface area contributed by atoms with E-state index in [0.29, 0.717) is 5.02 Å². The fraction of sp³-hybridized carbons (Fsp3) is 0. The quantitative estimate of drug-likeness (QED) is 0.742. The van der Waals surface area contributed by atoms with Gasteiger partial charge in [0.25, 0.3) is 5.56 Å². The van der Waals surface area contributed by atoms with Crippen LogP contribution in [0.15, 0.2) is 35.1 Å². The monoisotopic (exact) mass is 236 g/mol. The van der Waals surface area contributed by atoms with Crippen LogP contribution in [-0.4, -0.2) is 9.97 Å². The number of hydrogen-bond acceptors (Lipinski definition) is 4. The molecule has 4 N–H and O–H groups in total. The Kier molecular flexibility index (Phi) is 2.78. The lowest BCUT2D eigenvalue weighted by Crippen LogP contribution is -2.11. The van der Waals surface area contributed by atoms with Gasteiger partial charge in [0.05, 0.1) is 0 Å². The van der Waals surface area contributed by atoms with Crippen LogP contribution in [0.4, 0.5) is 17.5 Å². The first-order chi connectivity index (χ1) is 7.63. The zero-order valence-corrected chi connectivity index (χ0v) is 8.95. The largest absolute Gasteiger partial charge is 0.383 e. The molecule has 0 amide bonds. The number of anilines is 3. The molecule has 5 nitrogen and oxygen atoms in total. The maximum atomic E-state index is 11.1. The molecule has 2 aromatic rings. The third kappa shape index (κ3) is 2.52. The Morgan fingerprint density at radius 1 is 1.38 bits per heavy atom. The summed E-state index contributed by atoms with van der Waals surface area (Å²) in [6.07, 6.45) is 0. The molecule has 0 radical (unpaired) electrons. The van der Waals surface area contributed by atoms with E-state index in [1.54, 1.807) is 24.3 Å². The third-order valence-corrected chi connectivity index (χ3v) is 2.08. The number of benzene rings is 1. The van der Waals surface area contributed by atoms with Gasteiger partial charge >= 0.3 is 0 Å². The van der Waals surface area contributed by atoms with E-state index in [1.807, 2.05) is 0 Å². The van der Waals surface area contributed by atoms with Gasteiger partial charge in [-0.05, 0) is 18.2 Å². The molecule has 1 aromatic carbocycles. The maximum Gasteiger partial charge on any atom is 0.254 e. The van der Waals surface area contributed by atoms with E-state index in [4.69, 9.17) is 17.3 Å². The van der Waals surface area contributed by atoms with Crippen molar-refractivity contribution in [3.05, 3.63) is 45.7 Å². The Labute approximate surface area is 96.3 Å². The van der Waals surface area contributed by atoms with Crippen LogP contribution in [0.2, 0.25) is 5.02 Å². The molecule has 0 fully saturated rings. The fourth-order valence-electron chi connectivity index (χ4n) is 1.24. The van der Waals surface area contributed by atoms with Gasteiger partial charge in [-0.15, -0.1) is 0 Å². The predicted octanol–water partition coefficient (Wildman–Crippen LogP) is 1.75. The SMILES string of the molecule is Nc1cc(=O)[nH]c(Nc2cccc(Cl)c2)n1. The van der Waals surface area contributed by atoms with Gasteiger partial charge in [0, 0.05) is 16.8 Å². The van der Waals surface area contributed by atoms with Crippen molar-refractivity contribution in [2.45, 2.75) is 0 Å². The molecule has 0 bridgehead atoms. The van der Waals surface area contributed by atoms with Crippen molar-refractivity contribution in [1.29, 1.82) is 0 Å². The number of rotatable bonds is 2.